The fourth-order valence-electron chi connectivity index (χ4n) is 2.55. The van der Waals surface area contributed by atoms with Gasteiger partial charge in [0.05, 0.1) is 10.6 Å². The third-order valence-electron chi connectivity index (χ3n) is 3.42. The number of nitrogens with zero attached hydrogens (tertiary/aromatic N) is 2. The van der Waals surface area contributed by atoms with Crippen molar-refractivity contribution in [2.45, 2.75) is 13.8 Å². The molecule has 0 fully saturated rings. The molecule has 5 heteroatoms. The third-order valence-corrected chi connectivity index (χ3v) is 3.42. The summed E-state index contributed by atoms with van der Waals surface area (Å²) >= 11 is 0. The highest BCUT2D eigenvalue weighted by atomic mass is 16.6. The minimum absolute atomic E-state index is 0.0230. The number of nitro groups is 1. The van der Waals surface area contributed by atoms with Crippen LogP contribution in [0.15, 0.2) is 36.4 Å². The lowest BCUT2D eigenvalue weighted by Crippen LogP contribution is -2.07. The van der Waals surface area contributed by atoms with Crippen molar-refractivity contribution in [1.82, 2.24) is 0 Å². The SMILES string of the molecule is CC(=O)N1c2c(-c3ccccc3)cc(C)c([N+](=O)[O-])c21. The first-order valence-electron chi connectivity index (χ1n) is 6.20. The first-order chi connectivity index (χ1) is 9.52. The van der Waals surface area contributed by atoms with Crippen LogP contribution in [0.2, 0.25) is 0 Å². The Bertz CT molecular complexity index is 739. The average molecular weight is 268 g/mol. The van der Waals surface area contributed by atoms with Crippen LogP contribution in [0.4, 0.5) is 17.1 Å². The van der Waals surface area contributed by atoms with Gasteiger partial charge in [0, 0.05) is 18.1 Å². The molecule has 5 nitrogen and oxygen atoms in total. The lowest BCUT2D eigenvalue weighted by Gasteiger charge is -2.01. The topological polar surface area (TPSA) is 63.2 Å². The van der Waals surface area contributed by atoms with Gasteiger partial charge in [-0.2, -0.15) is 0 Å². The van der Waals surface area contributed by atoms with Crippen LogP contribution in [-0.4, -0.2) is 10.8 Å². The summed E-state index contributed by atoms with van der Waals surface area (Å²) in [6, 6.07) is 11.3. The van der Waals surface area contributed by atoms with Crippen molar-refractivity contribution in [3.05, 3.63) is 52.1 Å². The number of fused-ring (bicyclic) bond motifs is 1. The minimum atomic E-state index is -0.425. The van der Waals surface area contributed by atoms with Crippen molar-refractivity contribution >= 4 is 23.0 Å². The van der Waals surface area contributed by atoms with Crippen molar-refractivity contribution in [2.75, 3.05) is 4.90 Å². The van der Waals surface area contributed by atoms with Gasteiger partial charge < -0.3 is 0 Å². The van der Waals surface area contributed by atoms with Crippen LogP contribution >= 0.6 is 0 Å². The van der Waals surface area contributed by atoms with E-state index in [2.05, 4.69) is 0 Å². The van der Waals surface area contributed by atoms with Crippen LogP contribution in [0.3, 0.4) is 0 Å². The molecule has 1 aliphatic heterocycles. The Morgan fingerprint density at radius 1 is 1.20 bits per heavy atom. The van der Waals surface area contributed by atoms with Crippen LogP contribution in [0.1, 0.15) is 12.5 Å². The molecule has 20 heavy (non-hydrogen) atoms. The van der Waals surface area contributed by atoms with Gasteiger partial charge in [-0.1, -0.05) is 30.3 Å². The highest BCUT2D eigenvalue weighted by Gasteiger charge is 2.45. The Labute approximate surface area is 115 Å². The molecule has 0 spiro atoms. The summed E-state index contributed by atoms with van der Waals surface area (Å²) in [5.41, 5.74) is 3.48. The van der Waals surface area contributed by atoms with Gasteiger partial charge in [0.25, 0.3) is 5.69 Å². The van der Waals surface area contributed by atoms with E-state index in [1.54, 1.807) is 13.0 Å². The summed E-state index contributed by atoms with van der Waals surface area (Å²) in [5, 5.41) is 11.2. The van der Waals surface area contributed by atoms with Gasteiger partial charge in [-0.05, 0) is 18.6 Å². The van der Waals surface area contributed by atoms with Gasteiger partial charge in [0.15, 0.2) is 5.69 Å². The second kappa shape index (κ2) is 4.16. The van der Waals surface area contributed by atoms with Gasteiger partial charge in [-0.25, -0.2) is 0 Å². The second-order valence-electron chi connectivity index (χ2n) is 4.76. The van der Waals surface area contributed by atoms with Gasteiger partial charge in [-0.3, -0.25) is 19.8 Å². The highest BCUT2D eigenvalue weighted by Crippen LogP contribution is 2.60. The van der Waals surface area contributed by atoms with E-state index < -0.39 is 4.92 Å². The van der Waals surface area contributed by atoms with Crippen LogP contribution in [0.25, 0.3) is 11.1 Å². The van der Waals surface area contributed by atoms with Crippen molar-refractivity contribution in [1.29, 1.82) is 0 Å². The number of amides is 1. The summed E-state index contributed by atoms with van der Waals surface area (Å²) in [7, 11) is 0. The zero-order valence-corrected chi connectivity index (χ0v) is 11.1. The van der Waals surface area contributed by atoms with Crippen molar-refractivity contribution in [3.63, 3.8) is 0 Å². The molecule has 0 atom stereocenters. The number of carbonyl (C=O) groups excluding carboxylic acids is 1. The Balaban J connectivity index is 2.24. The molecule has 100 valence electrons. The van der Waals surface area contributed by atoms with E-state index in [-0.39, 0.29) is 11.6 Å². The molecule has 0 aromatic heterocycles. The average Bonchev–Trinajstić information content (AvgIpc) is 3.13. The van der Waals surface area contributed by atoms with E-state index in [9.17, 15) is 14.9 Å². The standard InChI is InChI=1S/C15H12N2O3/c1-9-8-12(11-6-4-3-5-7-11)14-15(13(9)17(19)20)16(14)10(2)18/h3-8H,1-2H3. The molecule has 2 aromatic rings. The number of anilines is 2. The molecule has 0 saturated carbocycles. The Kier molecular flexibility index (Phi) is 2.57. The lowest BCUT2D eigenvalue weighted by atomic mass is 10.0. The second-order valence-corrected chi connectivity index (χ2v) is 4.76. The number of hydrogen-bond donors (Lipinski definition) is 0. The van der Waals surface area contributed by atoms with E-state index in [0.717, 1.165) is 11.1 Å². The third kappa shape index (κ3) is 1.67. The predicted octanol–water partition coefficient (Wildman–Crippen LogP) is 3.57. The first kappa shape index (κ1) is 12.3. The fraction of sp³-hybridized carbons (Fsp3) is 0.133. The summed E-state index contributed by atoms with van der Waals surface area (Å²) in [6.45, 7) is 3.11. The number of benzene rings is 2. The largest absolute Gasteiger partial charge is 0.298 e. The Morgan fingerprint density at radius 3 is 2.40 bits per heavy atom. The first-order valence-corrected chi connectivity index (χ1v) is 6.20. The summed E-state index contributed by atoms with van der Waals surface area (Å²) in [5.74, 6) is -0.203. The number of hydrogen-bond acceptors (Lipinski definition) is 3. The molecule has 1 aliphatic rings. The maximum atomic E-state index is 11.6. The summed E-state index contributed by atoms with van der Waals surface area (Å²) < 4.78 is 0. The number of rotatable bonds is 2. The highest BCUT2D eigenvalue weighted by molar-refractivity contribution is 6.23. The van der Waals surface area contributed by atoms with Gasteiger partial charge in [-0.15, -0.1) is 0 Å². The van der Waals surface area contributed by atoms with E-state index in [4.69, 9.17) is 0 Å². The Hall–Kier alpha value is -2.69. The van der Waals surface area contributed by atoms with Gasteiger partial charge in [0.1, 0.15) is 0 Å². The molecule has 0 N–H and O–H groups in total. The van der Waals surface area contributed by atoms with E-state index in [1.807, 2.05) is 30.3 Å². The number of aryl methyl sites for hydroxylation is 1. The number of nitro benzene ring substituents is 1. The molecule has 0 unspecified atom stereocenters. The monoisotopic (exact) mass is 268 g/mol. The van der Waals surface area contributed by atoms with Crippen LogP contribution in [0.5, 0.6) is 0 Å². The molecule has 0 aliphatic carbocycles. The molecule has 1 heterocycles. The van der Waals surface area contributed by atoms with Crippen LogP contribution < -0.4 is 4.90 Å². The molecule has 0 radical (unpaired) electrons. The molecule has 1 amide bonds. The smallest absolute Gasteiger partial charge is 0.274 e. The molecular weight excluding hydrogens is 256 g/mol. The van der Waals surface area contributed by atoms with Gasteiger partial charge >= 0.3 is 0 Å². The maximum absolute atomic E-state index is 11.6. The van der Waals surface area contributed by atoms with Crippen molar-refractivity contribution < 1.29 is 9.72 Å². The summed E-state index contributed by atoms with van der Waals surface area (Å²) in [4.78, 5) is 23.8. The van der Waals surface area contributed by atoms with Crippen LogP contribution in [0, 0.1) is 17.0 Å². The molecule has 3 rings (SSSR count). The van der Waals surface area contributed by atoms with Crippen LogP contribution in [-0.2, 0) is 4.79 Å². The zero-order valence-electron chi connectivity index (χ0n) is 11.1. The minimum Gasteiger partial charge on any atom is -0.274 e. The lowest BCUT2D eigenvalue weighted by molar-refractivity contribution is -0.384. The quantitative estimate of drug-likeness (QED) is 0.475. The molecule has 2 aromatic carbocycles. The summed E-state index contributed by atoms with van der Waals surface area (Å²) in [6.07, 6.45) is 0. The van der Waals surface area contributed by atoms with Crippen molar-refractivity contribution in [2.24, 2.45) is 0 Å². The predicted molar refractivity (Wildman–Crippen MR) is 76.1 cm³/mol. The van der Waals surface area contributed by atoms with Gasteiger partial charge in [0.2, 0.25) is 5.91 Å². The molecule has 0 saturated heterocycles. The number of carbonyl (C=O) groups is 1. The van der Waals surface area contributed by atoms with E-state index in [1.165, 1.54) is 11.8 Å². The van der Waals surface area contributed by atoms with E-state index >= 15 is 0 Å². The molecule has 0 bridgehead atoms. The molecular formula is C15H12N2O3. The Morgan fingerprint density at radius 2 is 1.85 bits per heavy atom. The normalized spacial score (nSPS) is 12.0. The van der Waals surface area contributed by atoms with Crippen molar-refractivity contribution in [3.8, 4) is 11.1 Å². The fourth-order valence-corrected chi connectivity index (χ4v) is 2.55. The van der Waals surface area contributed by atoms with E-state index in [0.29, 0.717) is 16.9 Å². The maximum Gasteiger partial charge on any atom is 0.298 e. The zero-order chi connectivity index (χ0) is 14.4.